The molecule has 0 fully saturated rings. The lowest BCUT2D eigenvalue weighted by atomic mass is 10.1. The molecule has 1 amide bonds. The quantitative estimate of drug-likeness (QED) is 0.401. The largest absolute Gasteiger partial charge is 0.319 e. The van der Waals surface area contributed by atoms with E-state index in [2.05, 4.69) is 4.99 Å². The number of thiazole rings is 1. The molecule has 0 saturated heterocycles. The van der Waals surface area contributed by atoms with Crippen LogP contribution in [0.25, 0.3) is 21.7 Å². The molecule has 4 aromatic rings. The number of carbonyl (C=O) groups is 1. The third-order valence-corrected chi connectivity index (χ3v) is 5.89. The summed E-state index contributed by atoms with van der Waals surface area (Å²) < 4.78 is 15.4. The van der Waals surface area contributed by atoms with Crippen LogP contribution in [0, 0.1) is 5.82 Å². The number of benzene rings is 3. The molecule has 3 aromatic carbocycles. The van der Waals surface area contributed by atoms with E-state index in [1.807, 2.05) is 66.2 Å². The fourth-order valence-electron chi connectivity index (χ4n) is 3.04. The monoisotopic (exact) mass is 422 g/mol. The van der Waals surface area contributed by atoms with Crippen LogP contribution in [-0.2, 0) is 7.05 Å². The summed E-state index contributed by atoms with van der Waals surface area (Å²) in [4.78, 5) is 18.4. The average Bonchev–Trinajstić information content (AvgIpc) is 3.05. The zero-order valence-corrected chi connectivity index (χ0v) is 17.0. The van der Waals surface area contributed by atoms with Gasteiger partial charge in [-0.1, -0.05) is 71.5 Å². The summed E-state index contributed by atoms with van der Waals surface area (Å²) in [5, 5.41) is 0.652. The Kier molecular flexibility index (Phi) is 5.43. The number of carbonyl (C=O) groups excluding carboxylic acids is 1. The summed E-state index contributed by atoms with van der Waals surface area (Å²) in [5.41, 5.74) is 3.14. The van der Waals surface area contributed by atoms with E-state index in [1.54, 1.807) is 6.07 Å². The second kappa shape index (κ2) is 8.15. The van der Waals surface area contributed by atoms with Crippen LogP contribution in [0.5, 0.6) is 0 Å². The van der Waals surface area contributed by atoms with Gasteiger partial charge in [0.1, 0.15) is 5.82 Å². The molecule has 6 heteroatoms. The van der Waals surface area contributed by atoms with Gasteiger partial charge in [0.15, 0.2) is 4.80 Å². The van der Waals surface area contributed by atoms with Crippen LogP contribution < -0.4 is 4.80 Å². The fourth-order valence-corrected chi connectivity index (χ4v) is 4.32. The topological polar surface area (TPSA) is 34.4 Å². The maximum Gasteiger partial charge on any atom is 0.279 e. The van der Waals surface area contributed by atoms with E-state index in [4.69, 9.17) is 11.6 Å². The number of rotatable bonds is 3. The van der Waals surface area contributed by atoms with Gasteiger partial charge >= 0.3 is 0 Å². The Morgan fingerprint density at radius 2 is 1.69 bits per heavy atom. The van der Waals surface area contributed by atoms with Crippen molar-refractivity contribution in [2.45, 2.75) is 0 Å². The highest BCUT2D eigenvalue weighted by atomic mass is 35.5. The minimum Gasteiger partial charge on any atom is -0.319 e. The van der Waals surface area contributed by atoms with Crippen molar-refractivity contribution in [1.29, 1.82) is 0 Å². The van der Waals surface area contributed by atoms with Crippen LogP contribution in [-0.4, -0.2) is 10.5 Å². The minimum atomic E-state index is -0.483. The zero-order valence-electron chi connectivity index (χ0n) is 15.5. The molecule has 0 bridgehead atoms. The summed E-state index contributed by atoms with van der Waals surface area (Å²) in [6.45, 7) is 0. The molecule has 144 valence electrons. The molecule has 4 rings (SSSR count). The van der Waals surface area contributed by atoms with Crippen LogP contribution in [0.2, 0.25) is 5.02 Å². The number of hydrogen-bond donors (Lipinski definition) is 0. The number of hydrogen-bond acceptors (Lipinski definition) is 2. The van der Waals surface area contributed by atoms with E-state index < -0.39 is 11.7 Å². The Bertz CT molecular complexity index is 1240. The van der Waals surface area contributed by atoms with Crippen molar-refractivity contribution < 1.29 is 9.18 Å². The molecule has 29 heavy (non-hydrogen) atoms. The summed E-state index contributed by atoms with van der Waals surface area (Å²) in [5.74, 6) is -0.947. The van der Waals surface area contributed by atoms with Crippen LogP contribution in [0.15, 0.2) is 83.9 Å². The van der Waals surface area contributed by atoms with Gasteiger partial charge in [0.05, 0.1) is 10.6 Å². The first kappa shape index (κ1) is 19.3. The average molecular weight is 423 g/mol. The first-order valence-corrected chi connectivity index (χ1v) is 10.1. The first-order chi connectivity index (χ1) is 14.0. The van der Waals surface area contributed by atoms with Crippen molar-refractivity contribution in [1.82, 2.24) is 4.57 Å². The molecular weight excluding hydrogens is 407 g/mol. The van der Waals surface area contributed by atoms with Gasteiger partial charge in [0.25, 0.3) is 5.91 Å². The summed E-state index contributed by atoms with van der Waals surface area (Å²) >= 11 is 7.47. The third-order valence-electron chi connectivity index (χ3n) is 4.45. The zero-order chi connectivity index (χ0) is 20.4. The highest BCUT2D eigenvalue weighted by molar-refractivity contribution is 7.13. The Labute approximate surface area is 176 Å². The van der Waals surface area contributed by atoms with Crippen molar-refractivity contribution in [3.05, 3.63) is 100 Å². The third kappa shape index (κ3) is 4.06. The SMILES string of the molecule is Cn1c(-c2ccc(Cl)cc2)c(-c2ccccc2)sc1=NC(=O)c1cccc(F)c1. The summed E-state index contributed by atoms with van der Waals surface area (Å²) in [6, 6.07) is 23.0. The van der Waals surface area contributed by atoms with Gasteiger partial charge in [-0.3, -0.25) is 4.79 Å². The molecule has 0 unspecified atom stereocenters. The highest BCUT2D eigenvalue weighted by Gasteiger charge is 2.16. The molecule has 0 spiro atoms. The fraction of sp³-hybridized carbons (Fsp3) is 0.0435. The second-order valence-corrected chi connectivity index (χ2v) is 7.84. The molecule has 0 radical (unpaired) electrons. The molecule has 0 N–H and O–H groups in total. The molecule has 1 aromatic heterocycles. The molecule has 3 nitrogen and oxygen atoms in total. The van der Waals surface area contributed by atoms with E-state index in [1.165, 1.54) is 29.5 Å². The van der Waals surface area contributed by atoms with Gasteiger partial charge in [0.2, 0.25) is 0 Å². The maximum atomic E-state index is 13.5. The van der Waals surface area contributed by atoms with Crippen LogP contribution >= 0.6 is 22.9 Å². The molecule has 0 aliphatic heterocycles. The van der Waals surface area contributed by atoms with Crippen molar-refractivity contribution in [3.63, 3.8) is 0 Å². The van der Waals surface area contributed by atoms with Crippen molar-refractivity contribution in [2.24, 2.45) is 12.0 Å². The van der Waals surface area contributed by atoms with Crippen molar-refractivity contribution in [2.75, 3.05) is 0 Å². The predicted octanol–water partition coefficient (Wildman–Crippen LogP) is 5.95. The van der Waals surface area contributed by atoms with Crippen LogP contribution in [0.4, 0.5) is 4.39 Å². The van der Waals surface area contributed by atoms with Gasteiger partial charge in [0, 0.05) is 17.6 Å². The Morgan fingerprint density at radius 3 is 2.38 bits per heavy atom. The van der Waals surface area contributed by atoms with E-state index in [-0.39, 0.29) is 5.56 Å². The molecular formula is C23H16ClFN2OS. The van der Waals surface area contributed by atoms with Gasteiger partial charge in [-0.2, -0.15) is 4.99 Å². The summed E-state index contributed by atoms with van der Waals surface area (Å²) in [7, 11) is 1.87. The second-order valence-electron chi connectivity index (χ2n) is 6.42. The predicted molar refractivity (Wildman–Crippen MR) is 115 cm³/mol. The molecule has 0 saturated carbocycles. The summed E-state index contributed by atoms with van der Waals surface area (Å²) in [6.07, 6.45) is 0. The number of aromatic nitrogens is 1. The normalized spacial score (nSPS) is 11.6. The van der Waals surface area contributed by atoms with Crippen LogP contribution in [0.3, 0.4) is 0 Å². The van der Waals surface area contributed by atoms with Gasteiger partial charge in [-0.15, -0.1) is 0 Å². The number of amides is 1. The van der Waals surface area contributed by atoms with Gasteiger partial charge < -0.3 is 4.57 Å². The lowest BCUT2D eigenvalue weighted by molar-refractivity contribution is 0.0997. The Morgan fingerprint density at radius 1 is 0.966 bits per heavy atom. The lowest BCUT2D eigenvalue weighted by Gasteiger charge is -2.07. The van der Waals surface area contributed by atoms with E-state index in [0.29, 0.717) is 9.82 Å². The van der Waals surface area contributed by atoms with Crippen molar-refractivity contribution in [3.8, 4) is 21.7 Å². The van der Waals surface area contributed by atoms with Crippen LogP contribution in [0.1, 0.15) is 10.4 Å². The highest BCUT2D eigenvalue weighted by Crippen LogP contribution is 2.34. The van der Waals surface area contributed by atoms with Gasteiger partial charge in [-0.05, 0) is 41.5 Å². The number of halogens is 2. The standard InChI is InChI=1S/C23H16ClFN2OS/c1-27-20(15-10-12-18(24)13-11-15)21(16-6-3-2-4-7-16)29-23(27)26-22(28)17-8-5-9-19(25)14-17/h2-14H,1H3. The molecule has 1 heterocycles. The Hall–Kier alpha value is -3.02. The van der Waals surface area contributed by atoms with Gasteiger partial charge in [-0.25, -0.2) is 4.39 Å². The number of nitrogens with zero attached hydrogens (tertiary/aromatic N) is 2. The molecule has 0 atom stereocenters. The van der Waals surface area contributed by atoms with E-state index in [9.17, 15) is 9.18 Å². The molecule has 0 aliphatic carbocycles. The molecule has 0 aliphatic rings. The van der Waals surface area contributed by atoms with E-state index >= 15 is 0 Å². The maximum absolute atomic E-state index is 13.5. The first-order valence-electron chi connectivity index (χ1n) is 8.89. The smallest absolute Gasteiger partial charge is 0.279 e. The lowest BCUT2D eigenvalue weighted by Crippen LogP contribution is -2.14. The van der Waals surface area contributed by atoms with E-state index in [0.717, 1.165) is 21.7 Å². The minimum absolute atomic E-state index is 0.215. The van der Waals surface area contributed by atoms with Crippen molar-refractivity contribution >= 4 is 28.8 Å². The Balaban J connectivity index is 1.90.